The van der Waals surface area contributed by atoms with E-state index >= 15 is 0 Å². The van der Waals surface area contributed by atoms with Gasteiger partial charge in [-0.1, -0.05) is 17.7 Å². The first-order chi connectivity index (χ1) is 9.16. The molecule has 0 saturated carbocycles. The molecule has 0 atom stereocenters. The van der Waals surface area contributed by atoms with Crippen LogP contribution in [-0.2, 0) is 13.0 Å². The Morgan fingerprint density at radius 1 is 1.37 bits per heavy atom. The molecule has 1 aliphatic heterocycles. The molecule has 19 heavy (non-hydrogen) atoms. The second-order valence-electron chi connectivity index (χ2n) is 4.59. The maximum Gasteiger partial charge on any atom is 0.126 e. The average molecular weight is 292 g/mol. The smallest absolute Gasteiger partial charge is 0.126 e. The molecule has 0 bridgehead atoms. The lowest BCUT2D eigenvalue weighted by Crippen LogP contribution is -2.31. The Kier molecular flexibility index (Phi) is 3.21. The third-order valence-electron chi connectivity index (χ3n) is 3.41. The van der Waals surface area contributed by atoms with Gasteiger partial charge in [-0.05, 0) is 35.6 Å². The summed E-state index contributed by atoms with van der Waals surface area (Å²) in [7, 11) is 0. The molecule has 0 saturated heterocycles. The van der Waals surface area contributed by atoms with E-state index in [0.29, 0.717) is 10.6 Å². The van der Waals surface area contributed by atoms with Gasteiger partial charge in [0.2, 0.25) is 0 Å². The Morgan fingerprint density at radius 3 is 3.00 bits per heavy atom. The molecule has 2 aromatic rings. The van der Waals surface area contributed by atoms with E-state index < -0.39 is 0 Å². The van der Waals surface area contributed by atoms with Gasteiger partial charge in [-0.3, -0.25) is 5.41 Å². The fourth-order valence-electron chi connectivity index (χ4n) is 2.50. The van der Waals surface area contributed by atoms with Crippen molar-refractivity contribution < 1.29 is 0 Å². The fourth-order valence-corrected chi connectivity index (χ4v) is 3.66. The first-order valence-electron chi connectivity index (χ1n) is 6.10. The van der Waals surface area contributed by atoms with Gasteiger partial charge in [0.1, 0.15) is 5.84 Å². The summed E-state index contributed by atoms with van der Waals surface area (Å²) in [6.45, 7) is 1.80. The summed E-state index contributed by atoms with van der Waals surface area (Å²) in [6.07, 6.45) is 1.04. The third kappa shape index (κ3) is 2.22. The molecule has 0 radical (unpaired) electrons. The van der Waals surface area contributed by atoms with Gasteiger partial charge >= 0.3 is 0 Å². The number of hydrogen-bond donors (Lipinski definition) is 2. The number of amidine groups is 1. The Labute approximate surface area is 121 Å². The summed E-state index contributed by atoms with van der Waals surface area (Å²) in [5.74, 6) is 0.0247. The van der Waals surface area contributed by atoms with E-state index in [1.807, 2.05) is 23.5 Å². The molecule has 3 rings (SSSR count). The summed E-state index contributed by atoms with van der Waals surface area (Å²) in [4.78, 5) is 3.71. The Balaban J connectivity index is 2.00. The number of benzene rings is 1. The van der Waals surface area contributed by atoms with E-state index in [9.17, 15) is 0 Å². The van der Waals surface area contributed by atoms with Crippen molar-refractivity contribution in [3.8, 4) is 0 Å². The predicted molar refractivity (Wildman–Crippen MR) is 81.5 cm³/mol. The van der Waals surface area contributed by atoms with E-state index in [0.717, 1.165) is 25.2 Å². The normalized spacial score (nSPS) is 14.3. The first-order valence-corrected chi connectivity index (χ1v) is 7.35. The summed E-state index contributed by atoms with van der Waals surface area (Å²) >= 11 is 7.99. The van der Waals surface area contributed by atoms with E-state index in [-0.39, 0.29) is 5.84 Å². The van der Waals surface area contributed by atoms with Crippen molar-refractivity contribution in [1.82, 2.24) is 0 Å². The molecular weight excluding hydrogens is 278 g/mol. The molecule has 5 heteroatoms. The number of nitrogens with zero attached hydrogens (tertiary/aromatic N) is 1. The molecular formula is C14H14ClN3S. The number of rotatable bonds is 2. The molecule has 3 nitrogen and oxygen atoms in total. The summed E-state index contributed by atoms with van der Waals surface area (Å²) < 4.78 is 0. The van der Waals surface area contributed by atoms with Crippen LogP contribution in [0, 0.1) is 5.41 Å². The van der Waals surface area contributed by atoms with E-state index in [2.05, 4.69) is 16.3 Å². The van der Waals surface area contributed by atoms with Crippen LogP contribution in [-0.4, -0.2) is 12.4 Å². The highest BCUT2D eigenvalue weighted by molar-refractivity contribution is 7.10. The zero-order chi connectivity index (χ0) is 13.4. The summed E-state index contributed by atoms with van der Waals surface area (Å²) in [6, 6.07) is 7.85. The van der Waals surface area contributed by atoms with Gasteiger partial charge in [0.15, 0.2) is 0 Å². The largest absolute Gasteiger partial charge is 0.384 e. The summed E-state index contributed by atoms with van der Waals surface area (Å²) in [5, 5.41) is 10.4. The van der Waals surface area contributed by atoms with Gasteiger partial charge in [0.25, 0.3) is 0 Å². The maximum absolute atomic E-state index is 7.72. The van der Waals surface area contributed by atoms with E-state index in [1.165, 1.54) is 10.4 Å². The van der Waals surface area contributed by atoms with Crippen molar-refractivity contribution in [2.75, 3.05) is 11.4 Å². The van der Waals surface area contributed by atoms with Crippen LogP contribution in [0.5, 0.6) is 0 Å². The van der Waals surface area contributed by atoms with Crippen molar-refractivity contribution in [1.29, 1.82) is 5.41 Å². The van der Waals surface area contributed by atoms with Crippen LogP contribution in [0.2, 0.25) is 5.02 Å². The molecule has 0 aliphatic carbocycles. The van der Waals surface area contributed by atoms with Gasteiger partial charge in [-0.15, -0.1) is 11.3 Å². The van der Waals surface area contributed by atoms with E-state index in [1.54, 1.807) is 6.07 Å². The van der Waals surface area contributed by atoms with Crippen molar-refractivity contribution in [2.24, 2.45) is 5.73 Å². The minimum atomic E-state index is 0.0247. The lowest BCUT2D eigenvalue weighted by atomic mass is 10.1. The van der Waals surface area contributed by atoms with Crippen LogP contribution in [0.4, 0.5) is 5.69 Å². The van der Waals surface area contributed by atoms with Crippen molar-refractivity contribution in [3.05, 3.63) is 50.7 Å². The van der Waals surface area contributed by atoms with E-state index in [4.69, 9.17) is 22.7 Å². The zero-order valence-electron chi connectivity index (χ0n) is 10.3. The molecule has 3 N–H and O–H groups in total. The molecule has 1 aromatic heterocycles. The van der Waals surface area contributed by atoms with Crippen LogP contribution in [0.1, 0.15) is 16.0 Å². The van der Waals surface area contributed by atoms with Crippen molar-refractivity contribution in [2.45, 2.75) is 13.0 Å². The van der Waals surface area contributed by atoms with Crippen molar-refractivity contribution in [3.63, 3.8) is 0 Å². The molecule has 0 amide bonds. The van der Waals surface area contributed by atoms with Crippen LogP contribution < -0.4 is 10.6 Å². The Bertz CT molecular complexity index is 635. The number of fused-ring (bicyclic) bond motifs is 1. The number of hydrogen-bond acceptors (Lipinski definition) is 3. The number of anilines is 1. The number of nitrogens with one attached hydrogen (secondary N) is 1. The molecule has 98 valence electrons. The maximum atomic E-state index is 7.72. The van der Waals surface area contributed by atoms with Gasteiger partial charge in [0, 0.05) is 23.7 Å². The topological polar surface area (TPSA) is 53.1 Å². The first kappa shape index (κ1) is 12.5. The number of nitrogens with two attached hydrogens (primary N) is 1. The molecule has 0 fully saturated rings. The minimum Gasteiger partial charge on any atom is -0.384 e. The van der Waals surface area contributed by atoms with Crippen LogP contribution in [0.25, 0.3) is 0 Å². The van der Waals surface area contributed by atoms with Gasteiger partial charge in [0.05, 0.1) is 10.6 Å². The Hall–Kier alpha value is -1.52. The summed E-state index contributed by atoms with van der Waals surface area (Å²) in [5.41, 5.74) is 8.63. The number of nitrogen functional groups attached to an aromatic ring is 1. The molecule has 0 unspecified atom stereocenters. The standard InChI is InChI=1S/C14H14ClN3S/c15-10-2-1-3-11(13(10)14(16)17)18-6-4-12-9(8-18)5-7-19-12/h1-3,5,7H,4,6,8H2,(H3,16,17). The SMILES string of the molecule is N=C(N)c1c(Cl)cccc1N1CCc2sccc2C1. The second-order valence-corrected chi connectivity index (χ2v) is 6.00. The van der Waals surface area contributed by atoms with Crippen molar-refractivity contribution >= 4 is 34.5 Å². The number of thiophene rings is 1. The quantitative estimate of drug-likeness (QED) is 0.659. The third-order valence-corrected chi connectivity index (χ3v) is 4.75. The second kappa shape index (κ2) is 4.87. The van der Waals surface area contributed by atoms with Crippen LogP contribution in [0.3, 0.4) is 0 Å². The molecule has 1 aromatic carbocycles. The zero-order valence-corrected chi connectivity index (χ0v) is 11.9. The molecule has 2 heterocycles. The lowest BCUT2D eigenvalue weighted by molar-refractivity contribution is 0.743. The van der Waals surface area contributed by atoms with Crippen LogP contribution >= 0.6 is 22.9 Å². The van der Waals surface area contributed by atoms with Gasteiger partial charge in [-0.2, -0.15) is 0 Å². The van der Waals surface area contributed by atoms with Crippen LogP contribution in [0.15, 0.2) is 29.6 Å². The monoisotopic (exact) mass is 291 g/mol. The predicted octanol–water partition coefficient (Wildman–Crippen LogP) is 3.25. The molecule has 0 spiro atoms. The fraction of sp³-hybridized carbons (Fsp3) is 0.214. The minimum absolute atomic E-state index is 0.0247. The highest BCUT2D eigenvalue weighted by Gasteiger charge is 2.21. The number of halogens is 1. The lowest BCUT2D eigenvalue weighted by Gasteiger charge is -2.30. The van der Waals surface area contributed by atoms with Gasteiger partial charge < -0.3 is 10.6 Å². The molecule has 1 aliphatic rings. The van der Waals surface area contributed by atoms with Gasteiger partial charge in [-0.25, -0.2) is 0 Å². The average Bonchev–Trinajstić information content (AvgIpc) is 2.85. The highest BCUT2D eigenvalue weighted by Crippen LogP contribution is 2.32. The Morgan fingerprint density at radius 2 is 2.21 bits per heavy atom. The highest BCUT2D eigenvalue weighted by atomic mass is 35.5.